The minimum absolute atomic E-state index is 0.630. The maximum atomic E-state index is 9.87. The fourth-order valence-electron chi connectivity index (χ4n) is 2.01. The Bertz CT molecular complexity index is 546. The maximum absolute atomic E-state index is 10.7. The van der Waals surface area contributed by atoms with Crippen molar-refractivity contribution in [2.75, 3.05) is 18.0 Å². The fourth-order valence-corrected chi connectivity index (χ4v) is 2.01. The molecule has 0 aromatic heterocycles. The van der Waals surface area contributed by atoms with Gasteiger partial charge in [0.25, 0.3) is 0 Å². The van der Waals surface area contributed by atoms with E-state index in [1.807, 2.05) is 18.2 Å². The van der Waals surface area contributed by atoms with Gasteiger partial charge in [0.1, 0.15) is 0 Å². The zero-order chi connectivity index (χ0) is 16.4. The molecule has 1 aromatic carbocycles. The van der Waals surface area contributed by atoms with Crippen molar-refractivity contribution in [3.8, 4) is 0 Å². The first-order valence-electron chi connectivity index (χ1n) is 6.03. The minimum atomic E-state index is -10.7. The molecule has 0 aliphatic carbocycles. The zero-order valence-electron chi connectivity index (χ0n) is 11.1. The first kappa shape index (κ1) is 17.5. The molecule has 1 fully saturated rings. The predicted octanol–water partition coefficient (Wildman–Crippen LogP) is 6.46. The van der Waals surface area contributed by atoms with Crippen LogP contribution in [0.5, 0.6) is 0 Å². The number of benzene rings is 1. The summed E-state index contributed by atoms with van der Waals surface area (Å²) in [5.41, 5.74) is 3.09. The molecule has 0 amide bonds. The average Bonchev–Trinajstić information content (AvgIpc) is 2.77. The summed E-state index contributed by atoms with van der Waals surface area (Å²) in [4.78, 5) is 5.57. The molecule has 0 unspecified atom stereocenters. The first-order chi connectivity index (χ1) is 9.26. The number of diazo groups is 1. The molecule has 1 aliphatic rings. The molecule has 0 saturated carbocycles. The van der Waals surface area contributed by atoms with Crippen molar-refractivity contribution in [1.29, 1.82) is 5.39 Å². The van der Waals surface area contributed by atoms with Crippen molar-refractivity contribution in [2.45, 2.75) is 19.8 Å². The van der Waals surface area contributed by atoms with Gasteiger partial charge in [0, 0.05) is 30.9 Å². The van der Waals surface area contributed by atoms with E-state index in [1.165, 1.54) is 24.1 Å². The van der Waals surface area contributed by atoms with Gasteiger partial charge < -0.3 is 4.90 Å². The Kier molecular flexibility index (Phi) is 4.18. The van der Waals surface area contributed by atoms with Gasteiger partial charge in [-0.3, -0.25) is 0 Å². The van der Waals surface area contributed by atoms with Crippen LogP contribution in [0, 0.1) is 12.3 Å². The Morgan fingerprint density at radius 3 is 1.90 bits per heavy atom. The van der Waals surface area contributed by atoms with E-state index in [0.29, 0.717) is 5.69 Å². The van der Waals surface area contributed by atoms with Gasteiger partial charge in [-0.15, -0.1) is 0 Å². The summed E-state index contributed by atoms with van der Waals surface area (Å²) in [5.74, 6) is 0. The molecule has 0 spiro atoms. The number of halogens is 6. The van der Waals surface area contributed by atoms with Crippen molar-refractivity contribution in [1.82, 2.24) is 0 Å². The average molecular weight is 333 g/mol. The first-order valence-corrected chi connectivity index (χ1v) is 8.06. The summed E-state index contributed by atoms with van der Waals surface area (Å²) < 4.78 is 59.2. The van der Waals surface area contributed by atoms with E-state index >= 15 is 0 Å². The summed E-state index contributed by atoms with van der Waals surface area (Å²) in [6, 6.07) is 5.80. The van der Waals surface area contributed by atoms with Gasteiger partial charge in [0.15, 0.2) is 4.98 Å². The molecule has 0 radical (unpaired) electrons. The van der Waals surface area contributed by atoms with Crippen LogP contribution >= 0.6 is 7.81 Å². The molecule has 0 atom stereocenters. The summed E-state index contributed by atoms with van der Waals surface area (Å²) in [6.07, 6.45) is 2.57. The van der Waals surface area contributed by atoms with Gasteiger partial charge in [-0.05, 0) is 31.4 Å². The third-order valence-electron chi connectivity index (χ3n) is 2.74. The molecule has 3 nitrogen and oxygen atoms in total. The molecule has 1 saturated heterocycles. The predicted molar refractivity (Wildman–Crippen MR) is 70.9 cm³/mol. The molecule has 120 valence electrons. The summed E-state index contributed by atoms with van der Waals surface area (Å²) >= 11 is 0. The number of nitrogens with zero attached hydrogens (tertiary/aromatic N) is 3. The topological polar surface area (TPSA) is 31.4 Å². The van der Waals surface area contributed by atoms with Gasteiger partial charge in [0.2, 0.25) is 5.39 Å². The van der Waals surface area contributed by atoms with Gasteiger partial charge in [-0.25, -0.2) is 0 Å². The Morgan fingerprint density at radius 2 is 1.52 bits per heavy atom. The van der Waals surface area contributed by atoms with Crippen LogP contribution in [0.4, 0.5) is 36.6 Å². The summed E-state index contributed by atoms with van der Waals surface area (Å²) in [5, 5.41) is 8.63. The number of hydrogen-bond acceptors (Lipinski definition) is 2. The van der Waals surface area contributed by atoms with E-state index in [0.717, 1.165) is 13.1 Å². The Balaban J connectivity index is 0.000000270. The molecule has 10 heteroatoms. The number of rotatable bonds is 1. The van der Waals surface area contributed by atoms with E-state index in [9.17, 15) is 25.2 Å². The Labute approximate surface area is 117 Å². The number of aryl methyl sites for hydroxylation is 1. The molecule has 2 rings (SSSR count). The van der Waals surface area contributed by atoms with Crippen molar-refractivity contribution in [3.63, 3.8) is 0 Å². The quantitative estimate of drug-likeness (QED) is 0.335. The molecule has 1 heterocycles. The van der Waals surface area contributed by atoms with E-state index in [2.05, 4.69) is 16.8 Å². The molecular formula is C11H14F6N3P. The van der Waals surface area contributed by atoms with E-state index in [1.54, 1.807) is 0 Å². The van der Waals surface area contributed by atoms with Gasteiger partial charge in [0.05, 0.1) is 0 Å². The van der Waals surface area contributed by atoms with Crippen molar-refractivity contribution >= 4 is 19.2 Å². The van der Waals surface area contributed by atoms with Crippen LogP contribution < -0.4 is 4.90 Å². The van der Waals surface area contributed by atoms with Gasteiger partial charge in [-0.2, -0.15) is 0 Å². The van der Waals surface area contributed by atoms with Crippen molar-refractivity contribution in [2.24, 2.45) is 0 Å². The summed E-state index contributed by atoms with van der Waals surface area (Å²) in [7, 11) is -10.7. The van der Waals surface area contributed by atoms with Gasteiger partial charge >= 0.3 is 38.7 Å². The normalized spacial score (nSPS) is 18.1. The Morgan fingerprint density at radius 1 is 1.05 bits per heavy atom. The van der Waals surface area contributed by atoms with E-state index in [-0.39, 0.29) is 0 Å². The Hall–Kier alpha value is -1.55. The van der Waals surface area contributed by atoms with E-state index < -0.39 is 7.81 Å². The molecule has 21 heavy (non-hydrogen) atoms. The second kappa shape index (κ2) is 5.02. The van der Waals surface area contributed by atoms with Crippen LogP contribution in [-0.4, -0.2) is 13.1 Å². The number of anilines is 1. The SMILES string of the molecule is Cc1cc([N+]#N)ccc1N1CCCC1.F[P-](F)(F)(F)(F)F. The van der Waals surface area contributed by atoms with Crippen LogP contribution in [0.2, 0.25) is 0 Å². The van der Waals surface area contributed by atoms with Crippen LogP contribution in [0.15, 0.2) is 18.2 Å². The molecule has 1 aliphatic heterocycles. The zero-order valence-corrected chi connectivity index (χ0v) is 12.0. The summed E-state index contributed by atoms with van der Waals surface area (Å²) in [6.45, 7) is 4.36. The van der Waals surface area contributed by atoms with Crippen molar-refractivity contribution < 1.29 is 25.2 Å². The fraction of sp³-hybridized carbons (Fsp3) is 0.455. The standard InChI is InChI=1S/C11H14N3.F6P/c1-9-8-10(13-12)4-5-11(9)14-6-2-3-7-14;1-7(2,3,4,5)6/h4-5,8H,2-3,6-7H2,1H3;/q+1;-1. The molecular weight excluding hydrogens is 319 g/mol. The van der Waals surface area contributed by atoms with Crippen molar-refractivity contribution in [3.05, 3.63) is 28.7 Å². The van der Waals surface area contributed by atoms with Crippen LogP contribution in [0.3, 0.4) is 0 Å². The van der Waals surface area contributed by atoms with E-state index in [4.69, 9.17) is 5.39 Å². The van der Waals surface area contributed by atoms with Crippen LogP contribution in [-0.2, 0) is 0 Å². The van der Waals surface area contributed by atoms with Gasteiger partial charge in [-0.1, -0.05) is 0 Å². The number of hydrogen-bond donors (Lipinski definition) is 0. The molecule has 0 bridgehead atoms. The second-order valence-corrected chi connectivity index (χ2v) is 6.64. The second-order valence-electron chi connectivity index (χ2n) is 4.72. The van der Waals surface area contributed by atoms with Crippen LogP contribution in [0.25, 0.3) is 4.98 Å². The van der Waals surface area contributed by atoms with Crippen LogP contribution in [0.1, 0.15) is 18.4 Å². The monoisotopic (exact) mass is 333 g/mol. The molecule has 0 N–H and O–H groups in total. The molecule has 1 aromatic rings. The third-order valence-corrected chi connectivity index (χ3v) is 2.74. The third kappa shape index (κ3) is 8.35.